The van der Waals surface area contributed by atoms with E-state index in [4.69, 9.17) is 10.00 Å². The van der Waals surface area contributed by atoms with Crippen LogP contribution in [0.5, 0.6) is 0 Å². The Bertz CT molecular complexity index is 483. The first-order chi connectivity index (χ1) is 9.90. The predicted molar refractivity (Wildman–Crippen MR) is 73.5 cm³/mol. The van der Waals surface area contributed by atoms with Crippen LogP contribution in [-0.4, -0.2) is 32.2 Å². The average Bonchev–Trinajstić information content (AvgIpc) is 2.44. The molecular weight excluding hydrogens is 281 g/mol. The second-order valence-corrected chi connectivity index (χ2v) is 4.84. The zero-order valence-electron chi connectivity index (χ0n) is 12.2. The number of hydrogen-bond donors (Lipinski definition) is 0. The number of benzene rings is 1. The zero-order valence-corrected chi connectivity index (χ0v) is 12.2. The molecule has 0 radical (unpaired) electrons. The molecule has 1 atom stereocenters. The van der Waals surface area contributed by atoms with Gasteiger partial charge in [-0.25, -0.2) is 0 Å². The summed E-state index contributed by atoms with van der Waals surface area (Å²) < 4.78 is 43.5. The van der Waals surface area contributed by atoms with E-state index in [2.05, 4.69) is 6.07 Å². The largest absolute Gasteiger partial charge is 0.416 e. The molecule has 0 amide bonds. The Morgan fingerprint density at radius 3 is 2.67 bits per heavy atom. The highest BCUT2D eigenvalue weighted by Gasteiger charge is 2.31. The van der Waals surface area contributed by atoms with Crippen LogP contribution in [0.2, 0.25) is 0 Å². The summed E-state index contributed by atoms with van der Waals surface area (Å²) in [5, 5.41) is 8.55. The minimum Gasteiger partial charge on any atom is -0.383 e. The summed E-state index contributed by atoms with van der Waals surface area (Å²) in [6, 6.07) is 7.08. The second-order valence-electron chi connectivity index (χ2n) is 4.84. The van der Waals surface area contributed by atoms with Crippen LogP contribution in [0, 0.1) is 11.3 Å². The average molecular weight is 300 g/mol. The van der Waals surface area contributed by atoms with Gasteiger partial charge < -0.3 is 4.74 Å². The zero-order chi connectivity index (χ0) is 15.9. The van der Waals surface area contributed by atoms with Crippen molar-refractivity contribution in [1.82, 2.24) is 4.90 Å². The highest BCUT2D eigenvalue weighted by Crippen LogP contribution is 2.31. The van der Waals surface area contributed by atoms with Crippen molar-refractivity contribution < 1.29 is 17.9 Å². The Balaban J connectivity index is 2.92. The molecule has 21 heavy (non-hydrogen) atoms. The molecule has 0 aromatic heterocycles. The lowest BCUT2D eigenvalue weighted by Crippen LogP contribution is -2.29. The first kappa shape index (κ1) is 17.5. The quantitative estimate of drug-likeness (QED) is 0.721. The van der Waals surface area contributed by atoms with E-state index in [1.165, 1.54) is 13.2 Å². The topological polar surface area (TPSA) is 36.3 Å². The summed E-state index contributed by atoms with van der Waals surface area (Å²) in [5.41, 5.74) is -0.0994. The second kappa shape index (κ2) is 8.01. The normalized spacial score (nSPS) is 13.2. The van der Waals surface area contributed by atoms with Crippen molar-refractivity contribution in [2.75, 3.05) is 27.3 Å². The molecule has 1 rings (SSSR count). The van der Waals surface area contributed by atoms with Gasteiger partial charge in [0.2, 0.25) is 0 Å². The molecule has 6 heteroatoms. The Morgan fingerprint density at radius 1 is 1.38 bits per heavy atom. The third-order valence-electron chi connectivity index (χ3n) is 3.25. The van der Waals surface area contributed by atoms with Gasteiger partial charge in [0.15, 0.2) is 0 Å². The summed E-state index contributed by atoms with van der Waals surface area (Å²) in [7, 11) is 3.34. The Kier molecular flexibility index (Phi) is 6.66. The van der Waals surface area contributed by atoms with Gasteiger partial charge in [-0.2, -0.15) is 18.4 Å². The molecule has 0 aliphatic carbocycles. The number of likely N-dealkylation sites (N-methyl/N-ethyl adjacent to an activating group) is 1. The molecule has 0 N–H and O–H groups in total. The van der Waals surface area contributed by atoms with Gasteiger partial charge in [-0.3, -0.25) is 4.90 Å². The van der Waals surface area contributed by atoms with Gasteiger partial charge in [-0.05, 0) is 37.7 Å². The maximum Gasteiger partial charge on any atom is 0.416 e. The van der Waals surface area contributed by atoms with Crippen molar-refractivity contribution in [2.45, 2.75) is 25.1 Å². The molecule has 0 aliphatic rings. The lowest BCUT2D eigenvalue weighted by atomic mass is 10.0. The molecule has 0 fully saturated rings. The molecule has 1 unspecified atom stereocenters. The first-order valence-corrected chi connectivity index (χ1v) is 6.63. The lowest BCUT2D eigenvalue weighted by Gasteiger charge is -2.28. The van der Waals surface area contributed by atoms with E-state index in [0.717, 1.165) is 12.1 Å². The number of alkyl halides is 3. The number of methoxy groups -OCH3 is 1. The molecule has 0 spiro atoms. The predicted octanol–water partition coefficient (Wildman–Crippen LogP) is 3.63. The summed E-state index contributed by atoms with van der Waals surface area (Å²) in [4.78, 5) is 1.91. The number of nitrogens with zero attached hydrogens (tertiary/aromatic N) is 2. The van der Waals surface area contributed by atoms with Crippen LogP contribution in [-0.2, 0) is 10.9 Å². The molecule has 116 valence electrons. The Morgan fingerprint density at radius 2 is 2.10 bits per heavy atom. The van der Waals surface area contributed by atoms with Crippen molar-refractivity contribution in [2.24, 2.45) is 0 Å². The van der Waals surface area contributed by atoms with E-state index in [0.29, 0.717) is 31.6 Å². The van der Waals surface area contributed by atoms with E-state index in [9.17, 15) is 13.2 Å². The SMILES string of the molecule is COCC(c1cccc(C(F)(F)F)c1)N(C)CCCC#N. The summed E-state index contributed by atoms with van der Waals surface area (Å²) in [5.74, 6) is 0. The van der Waals surface area contributed by atoms with Crippen molar-refractivity contribution >= 4 is 0 Å². The fourth-order valence-electron chi connectivity index (χ4n) is 2.12. The van der Waals surface area contributed by atoms with E-state index >= 15 is 0 Å². The highest BCUT2D eigenvalue weighted by molar-refractivity contribution is 5.28. The van der Waals surface area contributed by atoms with Crippen LogP contribution in [0.3, 0.4) is 0 Å². The Hall–Kier alpha value is -1.58. The molecule has 1 aromatic rings. The maximum atomic E-state index is 12.8. The van der Waals surface area contributed by atoms with Crippen LogP contribution in [0.25, 0.3) is 0 Å². The van der Waals surface area contributed by atoms with E-state index in [1.54, 1.807) is 6.07 Å². The van der Waals surface area contributed by atoms with Crippen LogP contribution in [0.1, 0.15) is 30.0 Å². The molecule has 0 heterocycles. The summed E-state index contributed by atoms with van der Waals surface area (Å²) in [6.07, 6.45) is -3.26. The standard InChI is InChI=1S/C15H19F3N2O/c1-20(9-4-3-8-19)14(11-21-2)12-6-5-7-13(10-12)15(16,17)18/h5-7,10,14H,3-4,9,11H2,1-2H3. The minimum atomic E-state index is -4.35. The first-order valence-electron chi connectivity index (χ1n) is 6.63. The number of ether oxygens (including phenoxy) is 1. The molecule has 0 saturated heterocycles. The molecular formula is C15H19F3N2O. The van der Waals surface area contributed by atoms with Gasteiger partial charge in [0.1, 0.15) is 0 Å². The van der Waals surface area contributed by atoms with Gasteiger partial charge in [-0.1, -0.05) is 12.1 Å². The fourth-order valence-corrected chi connectivity index (χ4v) is 2.12. The van der Waals surface area contributed by atoms with E-state index in [1.807, 2.05) is 11.9 Å². The van der Waals surface area contributed by atoms with Crippen LogP contribution >= 0.6 is 0 Å². The van der Waals surface area contributed by atoms with E-state index < -0.39 is 11.7 Å². The van der Waals surface area contributed by atoms with Gasteiger partial charge in [0, 0.05) is 13.5 Å². The third-order valence-corrected chi connectivity index (χ3v) is 3.25. The van der Waals surface area contributed by atoms with Crippen molar-refractivity contribution in [3.63, 3.8) is 0 Å². The van der Waals surface area contributed by atoms with Crippen LogP contribution in [0.15, 0.2) is 24.3 Å². The molecule has 1 aromatic carbocycles. The molecule has 0 bridgehead atoms. The van der Waals surface area contributed by atoms with Crippen molar-refractivity contribution in [3.05, 3.63) is 35.4 Å². The highest BCUT2D eigenvalue weighted by atomic mass is 19.4. The molecule has 0 aliphatic heterocycles. The number of hydrogen-bond acceptors (Lipinski definition) is 3. The van der Waals surface area contributed by atoms with Crippen LogP contribution < -0.4 is 0 Å². The summed E-state index contributed by atoms with van der Waals surface area (Å²) in [6.45, 7) is 0.919. The lowest BCUT2D eigenvalue weighted by molar-refractivity contribution is -0.137. The van der Waals surface area contributed by atoms with Gasteiger partial charge >= 0.3 is 6.18 Å². The number of nitriles is 1. The van der Waals surface area contributed by atoms with Crippen molar-refractivity contribution in [1.29, 1.82) is 5.26 Å². The van der Waals surface area contributed by atoms with Crippen LogP contribution in [0.4, 0.5) is 13.2 Å². The molecule has 3 nitrogen and oxygen atoms in total. The summed E-state index contributed by atoms with van der Waals surface area (Å²) >= 11 is 0. The van der Waals surface area contributed by atoms with E-state index in [-0.39, 0.29) is 6.04 Å². The monoisotopic (exact) mass is 300 g/mol. The Labute approximate surface area is 122 Å². The number of unbranched alkanes of at least 4 members (excludes halogenated alkanes) is 1. The number of halogens is 3. The minimum absolute atomic E-state index is 0.268. The number of rotatable bonds is 7. The maximum absolute atomic E-state index is 12.8. The van der Waals surface area contributed by atoms with Gasteiger partial charge in [0.25, 0.3) is 0 Å². The van der Waals surface area contributed by atoms with Gasteiger partial charge in [-0.15, -0.1) is 0 Å². The third kappa shape index (κ3) is 5.37. The molecule has 0 saturated carbocycles. The van der Waals surface area contributed by atoms with Gasteiger partial charge in [0.05, 0.1) is 24.3 Å². The fraction of sp³-hybridized carbons (Fsp3) is 0.533. The smallest absolute Gasteiger partial charge is 0.383 e. The van der Waals surface area contributed by atoms with Crippen molar-refractivity contribution in [3.8, 4) is 6.07 Å².